The molecule has 0 bridgehead atoms. The molecule has 2 aliphatic heterocycles. The van der Waals surface area contributed by atoms with Gasteiger partial charge in [-0.2, -0.15) is 0 Å². The van der Waals surface area contributed by atoms with Gasteiger partial charge in [0, 0.05) is 56.7 Å². The Balaban J connectivity index is 1.39. The Labute approximate surface area is 286 Å². The predicted molar refractivity (Wildman–Crippen MR) is 186 cm³/mol. The molecule has 0 saturated carbocycles. The molecule has 0 spiro atoms. The molecule has 3 aromatic carbocycles. The minimum absolute atomic E-state index is 0.0483. The molecule has 4 amide bonds. The second kappa shape index (κ2) is 14.4. The van der Waals surface area contributed by atoms with E-state index >= 15 is 0 Å². The molecule has 6 rings (SSSR count). The molecule has 2 fully saturated rings. The van der Waals surface area contributed by atoms with Gasteiger partial charge in [-0.05, 0) is 28.8 Å². The third kappa shape index (κ3) is 6.66. The summed E-state index contributed by atoms with van der Waals surface area (Å²) in [6.07, 6.45) is 3.37. The van der Waals surface area contributed by atoms with Crippen molar-refractivity contribution < 1.29 is 23.9 Å². The van der Waals surface area contributed by atoms with Gasteiger partial charge in [-0.25, -0.2) is 14.8 Å². The highest BCUT2D eigenvalue weighted by Gasteiger charge is 2.51. The van der Waals surface area contributed by atoms with Crippen molar-refractivity contribution in [3.8, 4) is 5.75 Å². The molecule has 0 aliphatic carbocycles. The standard InChI is InChI=1S/C38H42N6O5/c1-5-19-42-25-35(46)43-32(20-26-15-17-29(49-4)18-16-26)37(47)41(24-34(43)44(42)38(48)39-21-27-11-8-7-9-12-27)22-28-13-10-14-30-31(33(45)6-2)23-40(3)36(28)30/h5,7-18,23,32,34H,1,6,19-22,24-25H2,2-4H3,(H,39,48)/t32?,34-/m0/s1. The van der Waals surface area contributed by atoms with E-state index < -0.39 is 12.2 Å². The second-order valence-corrected chi connectivity index (χ2v) is 12.4. The van der Waals surface area contributed by atoms with E-state index in [1.165, 1.54) is 0 Å². The highest BCUT2D eigenvalue weighted by atomic mass is 16.5. The van der Waals surface area contributed by atoms with Crippen LogP contribution in [0.3, 0.4) is 0 Å². The first-order valence-electron chi connectivity index (χ1n) is 16.5. The Morgan fingerprint density at radius 1 is 1.00 bits per heavy atom. The van der Waals surface area contributed by atoms with Crippen LogP contribution in [0, 0.1) is 0 Å². The van der Waals surface area contributed by atoms with Gasteiger partial charge >= 0.3 is 6.03 Å². The zero-order chi connectivity index (χ0) is 34.7. The van der Waals surface area contributed by atoms with Gasteiger partial charge in [0.1, 0.15) is 18.0 Å². The number of piperazine rings is 1. The van der Waals surface area contributed by atoms with Gasteiger partial charge in [0.2, 0.25) is 11.8 Å². The minimum atomic E-state index is -0.861. The normalized spacial score (nSPS) is 18.1. The number of ketones is 1. The van der Waals surface area contributed by atoms with Crippen LogP contribution in [0.15, 0.2) is 91.6 Å². The Bertz CT molecular complexity index is 1870. The largest absolute Gasteiger partial charge is 0.497 e. The number of benzene rings is 3. The lowest BCUT2D eigenvalue weighted by Crippen LogP contribution is -2.76. The Morgan fingerprint density at radius 3 is 2.45 bits per heavy atom. The molecule has 2 aliphatic rings. The second-order valence-electron chi connectivity index (χ2n) is 12.4. The average molecular weight is 663 g/mol. The van der Waals surface area contributed by atoms with Crippen molar-refractivity contribution in [3.05, 3.63) is 114 Å². The van der Waals surface area contributed by atoms with Crippen molar-refractivity contribution in [2.24, 2.45) is 7.05 Å². The summed E-state index contributed by atoms with van der Waals surface area (Å²) in [6.45, 7) is 6.52. The van der Waals surface area contributed by atoms with Gasteiger partial charge in [-0.15, -0.1) is 6.58 Å². The smallest absolute Gasteiger partial charge is 0.334 e. The third-order valence-electron chi connectivity index (χ3n) is 9.32. The van der Waals surface area contributed by atoms with Crippen LogP contribution in [0.25, 0.3) is 10.9 Å². The number of ether oxygens (including phenoxy) is 1. The van der Waals surface area contributed by atoms with Crippen LogP contribution in [-0.2, 0) is 36.1 Å². The highest BCUT2D eigenvalue weighted by Crippen LogP contribution is 2.32. The van der Waals surface area contributed by atoms with Crippen molar-refractivity contribution in [2.75, 3.05) is 26.7 Å². The number of carbonyl (C=O) groups is 4. The molecule has 49 heavy (non-hydrogen) atoms. The number of hydrazine groups is 1. The summed E-state index contributed by atoms with van der Waals surface area (Å²) in [7, 11) is 3.49. The average Bonchev–Trinajstić information content (AvgIpc) is 3.46. The molecule has 254 valence electrons. The molecule has 1 unspecified atom stereocenters. The molecule has 1 aromatic heterocycles. The number of amides is 4. The lowest BCUT2D eigenvalue weighted by molar-refractivity contribution is -0.189. The van der Waals surface area contributed by atoms with Gasteiger partial charge in [0.25, 0.3) is 0 Å². The van der Waals surface area contributed by atoms with E-state index in [-0.39, 0.29) is 56.2 Å². The Morgan fingerprint density at radius 2 is 1.76 bits per heavy atom. The number of urea groups is 1. The van der Waals surface area contributed by atoms with Crippen LogP contribution in [0.4, 0.5) is 4.79 Å². The summed E-state index contributed by atoms with van der Waals surface area (Å²) in [5, 5.41) is 7.13. The van der Waals surface area contributed by atoms with E-state index in [1.54, 1.807) is 33.0 Å². The number of carbonyl (C=O) groups excluding carboxylic acids is 4. The van der Waals surface area contributed by atoms with E-state index in [0.717, 1.165) is 27.6 Å². The van der Waals surface area contributed by atoms with Crippen molar-refractivity contribution in [1.29, 1.82) is 0 Å². The highest BCUT2D eigenvalue weighted by molar-refractivity contribution is 6.08. The number of nitrogens with zero attached hydrogens (tertiary/aromatic N) is 5. The van der Waals surface area contributed by atoms with E-state index in [4.69, 9.17) is 4.74 Å². The molecule has 4 aromatic rings. The first-order chi connectivity index (χ1) is 23.7. The van der Waals surface area contributed by atoms with Crippen LogP contribution in [-0.4, -0.2) is 87.0 Å². The fourth-order valence-corrected chi connectivity index (χ4v) is 6.98. The maximum absolute atomic E-state index is 14.5. The maximum Gasteiger partial charge on any atom is 0.334 e. The summed E-state index contributed by atoms with van der Waals surface area (Å²) in [6, 6.07) is 21.6. The van der Waals surface area contributed by atoms with Crippen molar-refractivity contribution >= 4 is 34.5 Å². The van der Waals surface area contributed by atoms with Gasteiger partial charge in [-0.3, -0.25) is 14.4 Å². The first kappa shape index (κ1) is 33.5. The summed E-state index contributed by atoms with van der Waals surface area (Å²) < 4.78 is 7.27. The van der Waals surface area contributed by atoms with Crippen molar-refractivity contribution in [3.63, 3.8) is 0 Å². The number of aromatic nitrogens is 1. The van der Waals surface area contributed by atoms with Crippen molar-refractivity contribution in [2.45, 2.75) is 45.1 Å². The van der Waals surface area contributed by atoms with Crippen LogP contribution >= 0.6 is 0 Å². The fraction of sp³-hybridized carbons (Fsp3) is 0.316. The maximum atomic E-state index is 14.5. The quantitative estimate of drug-likeness (QED) is 0.187. The lowest BCUT2D eigenvalue weighted by atomic mass is 9.98. The molecular weight excluding hydrogens is 620 g/mol. The molecule has 0 radical (unpaired) electrons. The van der Waals surface area contributed by atoms with E-state index in [9.17, 15) is 19.2 Å². The van der Waals surface area contributed by atoms with Gasteiger partial charge in [0.05, 0.1) is 25.7 Å². The van der Waals surface area contributed by atoms with Gasteiger partial charge < -0.3 is 24.4 Å². The third-order valence-corrected chi connectivity index (χ3v) is 9.32. The zero-order valence-electron chi connectivity index (χ0n) is 28.2. The van der Waals surface area contributed by atoms with E-state index in [0.29, 0.717) is 24.3 Å². The fourth-order valence-electron chi connectivity index (χ4n) is 6.98. The number of para-hydroxylation sites is 1. The lowest BCUT2D eigenvalue weighted by Gasteiger charge is -2.55. The number of aryl methyl sites for hydroxylation is 1. The van der Waals surface area contributed by atoms with Gasteiger partial charge in [-0.1, -0.05) is 73.7 Å². The summed E-state index contributed by atoms with van der Waals surface area (Å²) in [5.74, 6) is 0.286. The molecule has 11 heteroatoms. The minimum Gasteiger partial charge on any atom is -0.497 e. The molecule has 3 heterocycles. The first-order valence-corrected chi connectivity index (χ1v) is 16.5. The number of rotatable bonds is 11. The monoisotopic (exact) mass is 662 g/mol. The number of hydrogen-bond acceptors (Lipinski definition) is 6. The number of Topliss-reactive ketones (excluding diaryl/α,β-unsaturated/α-hetero) is 1. The molecule has 11 nitrogen and oxygen atoms in total. The Kier molecular flexibility index (Phi) is 9.82. The SMILES string of the molecule is C=CCN1CC(=O)N2C(Cc3ccc(OC)cc3)C(=O)N(Cc3cccc4c(C(=O)CC)cn(C)c34)C[C@@H]2N1C(=O)NCc1ccccc1. The summed E-state index contributed by atoms with van der Waals surface area (Å²) in [4.78, 5) is 58.7. The molecule has 2 atom stereocenters. The Hall–Kier alpha value is -5.42. The van der Waals surface area contributed by atoms with E-state index in [2.05, 4.69) is 11.9 Å². The van der Waals surface area contributed by atoms with Crippen LogP contribution in [0.5, 0.6) is 5.75 Å². The summed E-state index contributed by atoms with van der Waals surface area (Å²) >= 11 is 0. The molecule has 2 saturated heterocycles. The number of methoxy groups -OCH3 is 1. The number of fused-ring (bicyclic) bond motifs is 2. The van der Waals surface area contributed by atoms with Gasteiger partial charge in [0.15, 0.2) is 5.78 Å². The van der Waals surface area contributed by atoms with E-state index in [1.807, 2.05) is 97.5 Å². The van der Waals surface area contributed by atoms with Crippen LogP contribution in [0.2, 0.25) is 0 Å². The number of nitrogens with one attached hydrogen (secondary N) is 1. The predicted octanol–water partition coefficient (Wildman–Crippen LogP) is 4.52. The topological polar surface area (TPSA) is 107 Å². The molecule has 1 N–H and O–H groups in total. The number of hydrogen-bond donors (Lipinski definition) is 1. The zero-order valence-corrected chi connectivity index (χ0v) is 28.2. The van der Waals surface area contributed by atoms with Crippen LogP contribution < -0.4 is 10.1 Å². The summed E-state index contributed by atoms with van der Waals surface area (Å²) in [5.41, 5.74) is 4.17. The van der Waals surface area contributed by atoms with Crippen molar-refractivity contribution in [1.82, 2.24) is 29.7 Å². The molecular formula is C38H42N6O5. The van der Waals surface area contributed by atoms with Crippen LogP contribution in [0.1, 0.15) is 40.4 Å².